The van der Waals surface area contributed by atoms with E-state index in [1.54, 1.807) is 35.3 Å². The minimum Gasteiger partial charge on any atom is -0.348 e. The van der Waals surface area contributed by atoms with Crippen LogP contribution in [0.25, 0.3) is 0 Å². The number of benzene rings is 3. The molecule has 0 unspecified atom stereocenters. The Morgan fingerprint density at radius 3 is 2.23 bits per heavy atom. The monoisotopic (exact) mass is 414 g/mol. The Morgan fingerprint density at radius 2 is 1.55 bits per heavy atom. The van der Waals surface area contributed by atoms with E-state index in [1.165, 1.54) is 30.6 Å². The number of amides is 1. The lowest BCUT2D eigenvalue weighted by atomic mass is 9.98. The third-order valence-electron chi connectivity index (χ3n) is 4.81. The fraction of sp³-hybridized carbons (Fsp3) is 0.0833. The number of nitrogens with zero attached hydrogens (tertiary/aromatic N) is 3. The topological polar surface area (TPSA) is 76.9 Å². The fourth-order valence-electron chi connectivity index (χ4n) is 3.18. The fourth-order valence-corrected chi connectivity index (χ4v) is 3.18. The van der Waals surface area contributed by atoms with Gasteiger partial charge in [0.25, 0.3) is 5.91 Å². The zero-order valence-corrected chi connectivity index (χ0v) is 16.5. The maximum Gasteiger partial charge on any atom is 0.252 e. The number of carbonyl (C=O) groups is 2. The smallest absolute Gasteiger partial charge is 0.252 e. The second-order valence-electron chi connectivity index (χ2n) is 6.97. The first-order valence-corrected chi connectivity index (χ1v) is 9.68. The Kier molecular flexibility index (Phi) is 5.93. The molecule has 7 heteroatoms. The van der Waals surface area contributed by atoms with Crippen LogP contribution in [0.3, 0.4) is 0 Å². The van der Waals surface area contributed by atoms with E-state index >= 15 is 0 Å². The molecule has 3 aromatic carbocycles. The van der Waals surface area contributed by atoms with Gasteiger partial charge in [-0.15, -0.1) is 0 Å². The Balaban J connectivity index is 1.43. The highest BCUT2D eigenvalue weighted by molar-refractivity contribution is 6.15. The summed E-state index contributed by atoms with van der Waals surface area (Å²) < 4.78 is 14.9. The molecule has 0 bridgehead atoms. The molecule has 4 rings (SSSR count). The summed E-state index contributed by atoms with van der Waals surface area (Å²) in [5.74, 6) is -1.10. The summed E-state index contributed by atoms with van der Waals surface area (Å²) in [5, 5.41) is 6.94. The molecular weight excluding hydrogens is 395 g/mol. The predicted molar refractivity (Wildman–Crippen MR) is 113 cm³/mol. The average molecular weight is 414 g/mol. The summed E-state index contributed by atoms with van der Waals surface area (Å²) in [6, 6.07) is 19.7. The summed E-state index contributed by atoms with van der Waals surface area (Å²) in [4.78, 5) is 29.5. The molecule has 0 saturated carbocycles. The third kappa shape index (κ3) is 4.90. The number of halogens is 1. The lowest BCUT2D eigenvalue weighted by Gasteiger charge is -2.10. The summed E-state index contributed by atoms with van der Waals surface area (Å²) in [6.07, 6.45) is 3.14. The van der Waals surface area contributed by atoms with Crippen molar-refractivity contribution in [1.82, 2.24) is 20.1 Å². The lowest BCUT2D eigenvalue weighted by molar-refractivity contribution is 0.0939. The van der Waals surface area contributed by atoms with Gasteiger partial charge < -0.3 is 5.32 Å². The molecule has 0 aliphatic carbocycles. The average Bonchev–Trinajstić information content (AvgIpc) is 3.31. The van der Waals surface area contributed by atoms with Crippen LogP contribution in [0.5, 0.6) is 0 Å². The molecule has 1 N–H and O–H groups in total. The number of aromatic nitrogens is 3. The number of ketones is 1. The highest BCUT2D eigenvalue weighted by Gasteiger charge is 2.18. The van der Waals surface area contributed by atoms with Gasteiger partial charge in [-0.2, -0.15) is 5.10 Å². The van der Waals surface area contributed by atoms with E-state index in [4.69, 9.17) is 0 Å². The minimum atomic E-state index is -0.421. The molecule has 0 atom stereocenters. The first-order valence-electron chi connectivity index (χ1n) is 9.68. The van der Waals surface area contributed by atoms with Crippen molar-refractivity contribution in [3.8, 4) is 0 Å². The summed E-state index contributed by atoms with van der Waals surface area (Å²) in [5.41, 5.74) is 2.87. The number of carbonyl (C=O) groups excluding carboxylic acids is 2. The maximum absolute atomic E-state index is 13.2. The van der Waals surface area contributed by atoms with Gasteiger partial charge >= 0.3 is 0 Å². The van der Waals surface area contributed by atoms with Gasteiger partial charge in [0.1, 0.15) is 18.5 Å². The highest BCUT2D eigenvalue weighted by Crippen LogP contribution is 2.16. The molecule has 1 heterocycles. The highest BCUT2D eigenvalue weighted by atomic mass is 19.1. The molecule has 154 valence electrons. The van der Waals surface area contributed by atoms with Crippen LogP contribution >= 0.6 is 0 Å². The van der Waals surface area contributed by atoms with Crippen molar-refractivity contribution >= 4 is 11.7 Å². The number of rotatable bonds is 7. The minimum absolute atomic E-state index is 0.273. The molecule has 6 nitrogen and oxygen atoms in total. The van der Waals surface area contributed by atoms with E-state index in [9.17, 15) is 14.0 Å². The van der Waals surface area contributed by atoms with Gasteiger partial charge in [-0.3, -0.25) is 9.59 Å². The second-order valence-corrected chi connectivity index (χ2v) is 6.97. The van der Waals surface area contributed by atoms with Crippen molar-refractivity contribution in [2.24, 2.45) is 0 Å². The van der Waals surface area contributed by atoms with E-state index in [-0.39, 0.29) is 22.8 Å². The summed E-state index contributed by atoms with van der Waals surface area (Å²) >= 11 is 0. The van der Waals surface area contributed by atoms with E-state index in [0.29, 0.717) is 18.7 Å². The van der Waals surface area contributed by atoms with E-state index in [0.717, 1.165) is 11.1 Å². The van der Waals surface area contributed by atoms with Gasteiger partial charge in [0.2, 0.25) is 0 Å². The van der Waals surface area contributed by atoms with Gasteiger partial charge in [-0.25, -0.2) is 14.1 Å². The van der Waals surface area contributed by atoms with Gasteiger partial charge in [0, 0.05) is 17.7 Å². The van der Waals surface area contributed by atoms with Crippen LogP contribution in [-0.4, -0.2) is 26.5 Å². The van der Waals surface area contributed by atoms with Crippen molar-refractivity contribution < 1.29 is 14.0 Å². The van der Waals surface area contributed by atoms with Crippen LogP contribution in [0.1, 0.15) is 37.4 Å². The molecule has 0 fully saturated rings. The van der Waals surface area contributed by atoms with Gasteiger partial charge in [0.05, 0.1) is 12.1 Å². The molecule has 1 amide bonds. The van der Waals surface area contributed by atoms with Crippen molar-refractivity contribution in [3.63, 3.8) is 0 Å². The molecule has 0 aliphatic heterocycles. The predicted octanol–water partition coefficient (Wildman–Crippen LogP) is 3.63. The van der Waals surface area contributed by atoms with E-state index in [1.807, 2.05) is 24.3 Å². The molecule has 0 aliphatic rings. The molecule has 1 aromatic heterocycles. The van der Waals surface area contributed by atoms with Crippen molar-refractivity contribution in [2.75, 3.05) is 0 Å². The zero-order chi connectivity index (χ0) is 21.6. The summed E-state index contributed by atoms with van der Waals surface area (Å²) in [6.45, 7) is 0.938. The molecule has 4 aromatic rings. The molecule has 0 radical (unpaired) electrons. The third-order valence-corrected chi connectivity index (χ3v) is 4.81. The first-order chi connectivity index (χ1) is 15.1. The zero-order valence-electron chi connectivity index (χ0n) is 16.5. The Labute approximate surface area is 178 Å². The van der Waals surface area contributed by atoms with Gasteiger partial charge in [-0.05, 0) is 41.5 Å². The van der Waals surface area contributed by atoms with E-state index < -0.39 is 5.82 Å². The normalized spacial score (nSPS) is 10.6. The van der Waals surface area contributed by atoms with Crippen LogP contribution in [0, 0.1) is 5.82 Å². The largest absolute Gasteiger partial charge is 0.348 e. The van der Waals surface area contributed by atoms with Crippen LogP contribution in [0.15, 0.2) is 85.5 Å². The maximum atomic E-state index is 13.2. The Bertz CT molecular complexity index is 1190. The van der Waals surface area contributed by atoms with Crippen molar-refractivity contribution in [1.29, 1.82) is 0 Å². The van der Waals surface area contributed by atoms with Crippen molar-refractivity contribution in [2.45, 2.75) is 13.1 Å². The molecular formula is C24H19FN4O2. The lowest BCUT2D eigenvalue weighted by Crippen LogP contribution is -2.25. The molecule has 0 saturated heterocycles. The van der Waals surface area contributed by atoms with Gasteiger partial charge in [0.15, 0.2) is 5.78 Å². The first kappa shape index (κ1) is 20.2. The van der Waals surface area contributed by atoms with Crippen LogP contribution in [-0.2, 0) is 13.1 Å². The summed E-state index contributed by atoms with van der Waals surface area (Å²) in [7, 11) is 0. The molecule has 31 heavy (non-hydrogen) atoms. The number of nitrogens with one attached hydrogen (secondary N) is 1. The van der Waals surface area contributed by atoms with Crippen LogP contribution in [0.2, 0.25) is 0 Å². The number of hydrogen-bond donors (Lipinski definition) is 1. The van der Waals surface area contributed by atoms with Crippen LogP contribution in [0.4, 0.5) is 4.39 Å². The number of hydrogen-bond acceptors (Lipinski definition) is 4. The standard InChI is InChI=1S/C24H19FN4O2/c25-20-11-9-19(10-12-20)23(30)21-3-1-2-4-22(21)24(31)27-13-17-5-7-18(8-6-17)14-29-16-26-15-28-29/h1-12,15-16H,13-14H2,(H,27,31). The van der Waals surface area contributed by atoms with Crippen LogP contribution < -0.4 is 5.32 Å². The van der Waals surface area contributed by atoms with E-state index in [2.05, 4.69) is 15.4 Å². The molecule has 0 spiro atoms. The van der Waals surface area contributed by atoms with Crippen molar-refractivity contribution in [3.05, 3.63) is 119 Å². The Hall–Kier alpha value is -4.13. The second kappa shape index (κ2) is 9.13. The van der Waals surface area contributed by atoms with Gasteiger partial charge in [-0.1, -0.05) is 42.5 Å². The quantitative estimate of drug-likeness (QED) is 0.469. The SMILES string of the molecule is O=C(NCc1ccc(Cn2cncn2)cc1)c1ccccc1C(=O)c1ccc(F)cc1. The Morgan fingerprint density at radius 1 is 0.871 bits per heavy atom.